The summed E-state index contributed by atoms with van der Waals surface area (Å²) in [7, 11) is 1.39. The number of carboxylic acid groups (broad SMARTS) is 1. The van der Waals surface area contributed by atoms with Gasteiger partial charge in [-0.2, -0.15) is 0 Å². The number of carboxylic acids is 1. The predicted octanol–water partition coefficient (Wildman–Crippen LogP) is 15.9. The van der Waals surface area contributed by atoms with Crippen LogP contribution in [0.2, 0.25) is 30.1 Å². The number of carbonyl (C=O) groups is 2. The molecular formula is C57H50Cl6N6O6. The molecular weight excluding hydrogens is 1080 g/mol. The first kappa shape index (κ1) is 53.7. The zero-order chi connectivity index (χ0) is 53.2. The molecule has 2 heterocycles. The Labute approximate surface area is 464 Å². The van der Waals surface area contributed by atoms with E-state index in [1.165, 1.54) is 7.11 Å². The third-order valence-electron chi connectivity index (χ3n) is 13.4. The number of nitrogens with zero attached hydrogens (tertiary/aromatic N) is 6. The van der Waals surface area contributed by atoms with Crippen LogP contribution >= 0.6 is 69.6 Å². The molecule has 4 atom stereocenters. The molecule has 0 aliphatic heterocycles. The van der Waals surface area contributed by atoms with Gasteiger partial charge < -0.3 is 19.3 Å². The number of ether oxygens (including phenoxy) is 3. The van der Waals surface area contributed by atoms with Crippen molar-refractivity contribution in [3.05, 3.63) is 208 Å². The molecule has 1 N–H and O–H groups in total. The van der Waals surface area contributed by atoms with Crippen LogP contribution in [-0.2, 0) is 18.0 Å². The van der Waals surface area contributed by atoms with E-state index in [2.05, 4.69) is 20.6 Å². The van der Waals surface area contributed by atoms with Crippen molar-refractivity contribution < 1.29 is 28.9 Å². The van der Waals surface area contributed by atoms with Crippen molar-refractivity contribution in [2.75, 3.05) is 7.11 Å². The number of benzene rings is 6. The molecule has 8 aromatic rings. The van der Waals surface area contributed by atoms with Crippen molar-refractivity contribution in [2.24, 2.45) is 0 Å². The second-order valence-electron chi connectivity index (χ2n) is 19.0. The fraction of sp³-hybridized carbons (Fsp3) is 0.263. The van der Waals surface area contributed by atoms with E-state index in [0.29, 0.717) is 70.1 Å². The van der Waals surface area contributed by atoms with Crippen LogP contribution in [0.4, 0.5) is 0 Å². The number of halogens is 6. The molecule has 18 heteroatoms. The molecule has 75 heavy (non-hydrogen) atoms. The lowest BCUT2D eigenvalue weighted by atomic mass is 10.0. The van der Waals surface area contributed by atoms with Crippen LogP contribution in [0, 0.1) is 0 Å². The average molecular weight is 1130 g/mol. The summed E-state index contributed by atoms with van der Waals surface area (Å²) in [5.74, 6) is 1.31. The summed E-state index contributed by atoms with van der Waals surface area (Å²) in [6.07, 6.45) is 1.88. The van der Waals surface area contributed by atoms with Crippen LogP contribution < -0.4 is 9.47 Å². The fourth-order valence-corrected chi connectivity index (χ4v) is 11.1. The Bertz CT molecular complexity index is 3390. The number of carbonyl (C=O) groups excluding carboxylic acids is 1. The number of hydrogen-bond acceptors (Lipinski definition) is 9. The summed E-state index contributed by atoms with van der Waals surface area (Å²) in [6.45, 7) is 8.58. The summed E-state index contributed by atoms with van der Waals surface area (Å²) < 4.78 is 20.4. The number of esters is 1. The van der Waals surface area contributed by atoms with Crippen molar-refractivity contribution >= 4 is 81.5 Å². The van der Waals surface area contributed by atoms with Crippen LogP contribution in [0.1, 0.15) is 142 Å². The minimum Gasteiger partial charge on any atom is -0.487 e. The highest BCUT2D eigenvalue weighted by Gasteiger charge is 2.42. The normalized spacial score (nSPS) is 16.6. The van der Waals surface area contributed by atoms with Crippen LogP contribution in [0.25, 0.3) is 11.4 Å². The zero-order valence-corrected chi connectivity index (χ0v) is 45.8. The second kappa shape index (κ2) is 23.0. The molecule has 386 valence electrons. The highest BCUT2D eigenvalue weighted by molar-refractivity contribution is 6.38. The highest BCUT2D eigenvalue weighted by atomic mass is 35.5. The summed E-state index contributed by atoms with van der Waals surface area (Å²) in [5.41, 5.74) is 9.31. The monoisotopic (exact) mass is 1120 g/mol. The summed E-state index contributed by atoms with van der Waals surface area (Å²) >= 11 is 39.2. The van der Waals surface area contributed by atoms with Crippen LogP contribution in [-0.4, -0.2) is 54.1 Å². The average Bonchev–Trinajstić information content (AvgIpc) is 4.28. The minimum absolute atomic E-state index is 0.117. The first-order valence-corrected chi connectivity index (χ1v) is 26.4. The Morgan fingerprint density at radius 2 is 0.947 bits per heavy atom. The molecule has 6 aromatic carbocycles. The SMILES string of the molecule is CC(C)c1nnn(-c2c(Cl)cccc2Cl)c1COc1ccc(C2CC2c2cccc(C(=O)O)c2)c(Cl)c1.COC(=O)c1cccc(C2CC2c2ccc(OCc3c(C(C)C)nnn3-c3c(Cl)cccc3Cl)cc2Cl)c1. The molecule has 2 saturated carbocycles. The van der Waals surface area contributed by atoms with Gasteiger partial charge in [0.05, 0.1) is 49.7 Å². The van der Waals surface area contributed by atoms with Gasteiger partial charge in [0.25, 0.3) is 0 Å². The Morgan fingerprint density at radius 3 is 1.33 bits per heavy atom. The summed E-state index contributed by atoms with van der Waals surface area (Å²) in [5, 5.41) is 29.8. The first-order chi connectivity index (χ1) is 36.0. The minimum atomic E-state index is -0.924. The standard InChI is InChI=1S/C29H26Cl3N3O3.C28H24Cl3N3O3/c1-16(2)27-26(35(34-33-27)28-23(30)8-5-9-24(28)31)15-38-19-10-11-20(25(32)13-19)22-14-21(22)17-6-4-7-18(12-17)29(36)37-3;1-15(2)26-25(34(33-32-26)27-22(29)7-4-8-23(27)30)14-37-18-9-10-19(24(31)12-18)21-13-20(21)16-5-3-6-17(11-16)28(35)36/h4-13,16,21-22H,14-15H2,1-3H3;3-12,15,20-21H,13-14H2,1-2H3,(H,35,36). The smallest absolute Gasteiger partial charge is 0.337 e. The van der Waals surface area contributed by atoms with Crippen LogP contribution in [0.5, 0.6) is 11.5 Å². The van der Waals surface area contributed by atoms with Gasteiger partial charge >= 0.3 is 11.9 Å². The number of methoxy groups -OCH3 is 1. The molecule has 12 nitrogen and oxygen atoms in total. The molecule has 10 rings (SSSR count). The molecule has 0 bridgehead atoms. The Balaban J connectivity index is 0.000000184. The second-order valence-corrected chi connectivity index (χ2v) is 21.4. The van der Waals surface area contributed by atoms with Gasteiger partial charge in [-0.05, 0) is 143 Å². The zero-order valence-electron chi connectivity index (χ0n) is 41.3. The molecule has 2 aliphatic carbocycles. The number of para-hydroxylation sites is 2. The van der Waals surface area contributed by atoms with E-state index in [0.717, 1.165) is 57.9 Å². The molecule has 2 fully saturated rings. The lowest BCUT2D eigenvalue weighted by molar-refractivity contribution is 0.0599. The molecule has 0 saturated heterocycles. The maximum absolute atomic E-state index is 11.9. The van der Waals surface area contributed by atoms with Gasteiger partial charge in [-0.1, -0.05) is 156 Å². The van der Waals surface area contributed by atoms with Gasteiger partial charge in [-0.15, -0.1) is 10.2 Å². The third kappa shape index (κ3) is 11.8. The molecule has 0 radical (unpaired) electrons. The van der Waals surface area contributed by atoms with Crippen molar-refractivity contribution in [1.29, 1.82) is 0 Å². The van der Waals surface area contributed by atoms with Gasteiger partial charge in [0.1, 0.15) is 47.5 Å². The molecule has 0 amide bonds. The molecule has 0 spiro atoms. The van der Waals surface area contributed by atoms with Crippen LogP contribution in [0.15, 0.2) is 121 Å². The maximum Gasteiger partial charge on any atom is 0.337 e. The van der Waals surface area contributed by atoms with E-state index in [1.54, 1.807) is 70.0 Å². The summed E-state index contributed by atoms with van der Waals surface area (Å²) in [4.78, 5) is 23.2. The van der Waals surface area contributed by atoms with E-state index in [4.69, 9.17) is 83.8 Å². The van der Waals surface area contributed by atoms with E-state index in [-0.39, 0.29) is 48.8 Å². The Hall–Kier alpha value is -6.12. The largest absolute Gasteiger partial charge is 0.487 e. The topological polar surface area (TPSA) is 143 Å². The maximum atomic E-state index is 11.9. The number of hydrogen-bond donors (Lipinski definition) is 1. The quantitative estimate of drug-likeness (QED) is 0.0929. The van der Waals surface area contributed by atoms with Gasteiger partial charge in [0.2, 0.25) is 0 Å². The van der Waals surface area contributed by atoms with E-state index in [1.807, 2.05) is 88.4 Å². The number of aromatic nitrogens is 6. The summed E-state index contributed by atoms with van der Waals surface area (Å²) in [6, 6.07) is 36.8. The van der Waals surface area contributed by atoms with Crippen molar-refractivity contribution in [1.82, 2.24) is 30.0 Å². The van der Waals surface area contributed by atoms with E-state index in [9.17, 15) is 14.7 Å². The molecule has 2 aromatic heterocycles. The highest BCUT2D eigenvalue weighted by Crippen LogP contribution is 2.57. The molecule has 2 aliphatic rings. The third-order valence-corrected chi connectivity index (χ3v) is 15.2. The van der Waals surface area contributed by atoms with Gasteiger partial charge in [-0.25, -0.2) is 19.0 Å². The lowest BCUT2D eigenvalue weighted by Gasteiger charge is -2.14. The first-order valence-electron chi connectivity index (χ1n) is 24.2. The van der Waals surface area contributed by atoms with Gasteiger partial charge in [0.15, 0.2) is 0 Å². The Kier molecular flexibility index (Phi) is 16.5. The van der Waals surface area contributed by atoms with Crippen LogP contribution in [0.3, 0.4) is 0 Å². The van der Waals surface area contributed by atoms with Gasteiger partial charge in [-0.3, -0.25) is 0 Å². The predicted molar refractivity (Wildman–Crippen MR) is 294 cm³/mol. The number of rotatable bonds is 16. The van der Waals surface area contributed by atoms with E-state index < -0.39 is 5.97 Å². The van der Waals surface area contributed by atoms with E-state index >= 15 is 0 Å². The van der Waals surface area contributed by atoms with Crippen molar-refractivity contribution in [3.63, 3.8) is 0 Å². The lowest BCUT2D eigenvalue weighted by Crippen LogP contribution is -2.09. The van der Waals surface area contributed by atoms with Crippen molar-refractivity contribution in [3.8, 4) is 22.9 Å². The fourth-order valence-electron chi connectivity index (χ4n) is 9.37. The van der Waals surface area contributed by atoms with Gasteiger partial charge in [0, 0.05) is 10.0 Å². The number of aromatic carboxylic acids is 1. The molecule has 4 unspecified atom stereocenters. The van der Waals surface area contributed by atoms with Crippen molar-refractivity contribution in [2.45, 2.75) is 89.3 Å². The Morgan fingerprint density at radius 1 is 0.547 bits per heavy atom.